The van der Waals surface area contributed by atoms with Crippen LogP contribution in [0, 0.1) is 13.8 Å². The maximum Gasteiger partial charge on any atom is 0.0372 e. The van der Waals surface area contributed by atoms with Crippen molar-refractivity contribution in [2.75, 3.05) is 0 Å². The Bertz CT molecular complexity index is 458. The van der Waals surface area contributed by atoms with Crippen LogP contribution in [0.5, 0.6) is 0 Å². The van der Waals surface area contributed by atoms with Gasteiger partial charge in [-0.2, -0.15) is 0 Å². The van der Waals surface area contributed by atoms with Gasteiger partial charge in [0, 0.05) is 23.8 Å². The normalized spacial score (nSPS) is 9.05. The van der Waals surface area contributed by atoms with Crippen molar-refractivity contribution in [1.82, 2.24) is 9.97 Å². The fourth-order valence-corrected chi connectivity index (χ4v) is 1.64. The van der Waals surface area contributed by atoms with Gasteiger partial charge in [-0.25, -0.2) is 0 Å². The molecule has 2 aromatic heterocycles. The second-order valence-electron chi connectivity index (χ2n) is 4.72. The van der Waals surface area contributed by atoms with Crippen LogP contribution in [0.2, 0.25) is 0 Å². The van der Waals surface area contributed by atoms with E-state index in [9.17, 15) is 0 Å². The number of aromatic nitrogens is 2. The van der Waals surface area contributed by atoms with E-state index in [-0.39, 0.29) is 0 Å². The largest absolute Gasteiger partial charge is 0.261 e. The summed E-state index contributed by atoms with van der Waals surface area (Å²) in [6, 6.07) is 8.36. The highest BCUT2D eigenvalue weighted by molar-refractivity contribution is 5.13. The van der Waals surface area contributed by atoms with E-state index < -0.39 is 0 Å². The van der Waals surface area contributed by atoms with Crippen molar-refractivity contribution < 1.29 is 0 Å². The fraction of sp³-hybridized carbons (Fsp3) is 0.474. The predicted molar refractivity (Wildman–Crippen MR) is 92.7 cm³/mol. The topological polar surface area (TPSA) is 25.8 Å². The van der Waals surface area contributed by atoms with Gasteiger partial charge >= 0.3 is 0 Å². The molecule has 0 aliphatic carbocycles. The van der Waals surface area contributed by atoms with Crippen molar-refractivity contribution >= 4 is 0 Å². The molecule has 116 valence electrons. The maximum atomic E-state index is 4.20. The highest BCUT2D eigenvalue weighted by Gasteiger charge is 1.89. The molecule has 0 aliphatic rings. The van der Waals surface area contributed by atoms with Gasteiger partial charge in [-0.1, -0.05) is 46.2 Å². The zero-order valence-corrected chi connectivity index (χ0v) is 14.5. The molecule has 0 fully saturated rings. The molecule has 0 amide bonds. The van der Waals surface area contributed by atoms with E-state index in [1.54, 1.807) is 0 Å². The van der Waals surface area contributed by atoms with Crippen molar-refractivity contribution in [2.24, 2.45) is 0 Å². The van der Waals surface area contributed by atoms with Gasteiger partial charge in [-0.05, 0) is 49.9 Å². The summed E-state index contributed by atoms with van der Waals surface area (Å²) < 4.78 is 0. The Labute approximate surface area is 130 Å². The zero-order valence-electron chi connectivity index (χ0n) is 14.5. The zero-order chi connectivity index (χ0) is 16.1. The van der Waals surface area contributed by atoms with Crippen molar-refractivity contribution in [3.8, 4) is 0 Å². The number of hydrogen-bond donors (Lipinski definition) is 0. The van der Waals surface area contributed by atoms with Crippen LogP contribution >= 0.6 is 0 Å². The lowest BCUT2D eigenvalue weighted by atomic mass is 10.2. The van der Waals surface area contributed by atoms with E-state index in [0.717, 1.165) is 24.2 Å². The second-order valence-corrected chi connectivity index (χ2v) is 4.72. The van der Waals surface area contributed by atoms with E-state index in [0.29, 0.717) is 0 Å². The first-order valence-electron chi connectivity index (χ1n) is 7.98. The van der Waals surface area contributed by atoms with E-state index in [2.05, 4.69) is 42.0 Å². The fourth-order valence-electron chi connectivity index (χ4n) is 1.64. The molecule has 0 spiro atoms. The lowest BCUT2D eigenvalue weighted by Crippen LogP contribution is -1.85. The SMILES string of the molecule is CC.CCCc1ccc(C)nc1.CCc1ccc(C)nc1. The van der Waals surface area contributed by atoms with E-state index in [4.69, 9.17) is 0 Å². The summed E-state index contributed by atoms with van der Waals surface area (Å²) in [5.74, 6) is 0. The van der Waals surface area contributed by atoms with Crippen LogP contribution in [-0.4, -0.2) is 9.97 Å². The summed E-state index contributed by atoms with van der Waals surface area (Å²) in [5, 5.41) is 0. The monoisotopic (exact) mass is 286 g/mol. The highest BCUT2D eigenvalue weighted by Crippen LogP contribution is 2.01. The lowest BCUT2D eigenvalue weighted by Gasteiger charge is -1.96. The molecule has 0 saturated heterocycles. The summed E-state index contributed by atoms with van der Waals surface area (Å²) in [7, 11) is 0. The minimum atomic E-state index is 1.08. The summed E-state index contributed by atoms with van der Waals surface area (Å²) in [4.78, 5) is 8.35. The summed E-state index contributed by atoms with van der Waals surface area (Å²) in [6.07, 6.45) is 7.31. The molecule has 0 bridgehead atoms. The average molecular weight is 286 g/mol. The minimum Gasteiger partial charge on any atom is -0.261 e. The Balaban J connectivity index is 0.000000342. The van der Waals surface area contributed by atoms with Crippen molar-refractivity contribution in [1.29, 1.82) is 0 Å². The average Bonchev–Trinajstić information content (AvgIpc) is 2.53. The van der Waals surface area contributed by atoms with Gasteiger partial charge in [0.25, 0.3) is 0 Å². The van der Waals surface area contributed by atoms with Crippen LogP contribution in [0.1, 0.15) is 56.6 Å². The van der Waals surface area contributed by atoms with Gasteiger partial charge in [0.1, 0.15) is 0 Å². The van der Waals surface area contributed by atoms with Crippen molar-refractivity contribution in [3.05, 3.63) is 59.2 Å². The molecule has 2 nitrogen and oxygen atoms in total. The first kappa shape index (κ1) is 19.3. The summed E-state index contributed by atoms with van der Waals surface area (Å²) in [6.45, 7) is 12.3. The molecule has 0 radical (unpaired) electrons. The quantitative estimate of drug-likeness (QED) is 0.763. The summed E-state index contributed by atoms with van der Waals surface area (Å²) >= 11 is 0. The Morgan fingerprint density at radius 3 is 1.57 bits per heavy atom. The van der Waals surface area contributed by atoms with Gasteiger partial charge < -0.3 is 0 Å². The lowest BCUT2D eigenvalue weighted by molar-refractivity contribution is 0.910. The number of pyridine rings is 2. The van der Waals surface area contributed by atoms with Crippen molar-refractivity contribution in [3.63, 3.8) is 0 Å². The first-order valence-corrected chi connectivity index (χ1v) is 7.98. The third kappa shape index (κ3) is 8.96. The first-order chi connectivity index (χ1) is 10.2. The predicted octanol–water partition coefficient (Wildman–Crippen LogP) is 5.32. The highest BCUT2D eigenvalue weighted by atomic mass is 14.7. The number of hydrogen-bond acceptors (Lipinski definition) is 2. The number of aryl methyl sites for hydroxylation is 4. The molecular formula is C19H30N2. The van der Waals surface area contributed by atoms with Gasteiger partial charge in [-0.15, -0.1) is 0 Å². The van der Waals surface area contributed by atoms with Gasteiger partial charge in [0.2, 0.25) is 0 Å². The van der Waals surface area contributed by atoms with Crippen molar-refractivity contribution in [2.45, 2.75) is 60.8 Å². The molecule has 2 aromatic rings. The van der Waals surface area contributed by atoms with Crippen LogP contribution in [0.15, 0.2) is 36.7 Å². The van der Waals surface area contributed by atoms with Crippen LogP contribution in [0.4, 0.5) is 0 Å². The third-order valence-electron chi connectivity index (χ3n) is 2.89. The van der Waals surface area contributed by atoms with Crippen LogP contribution in [0.3, 0.4) is 0 Å². The number of nitrogens with zero attached hydrogens (tertiary/aromatic N) is 2. The molecule has 2 heterocycles. The van der Waals surface area contributed by atoms with Gasteiger partial charge in [-0.3, -0.25) is 9.97 Å². The molecule has 21 heavy (non-hydrogen) atoms. The molecule has 0 atom stereocenters. The molecule has 2 rings (SSSR count). The molecule has 2 heteroatoms. The Morgan fingerprint density at radius 2 is 1.24 bits per heavy atom. The Kier molecular flexibility index (Phi) is 11.1. The van der Waals surface area contributed by atoms with Crippen LogP contribution < -0.4 is 0 Å². The smallest absolute Gasteiger partial charge is 0.0372 e. The standard InChI is InChI=1S/C9H13N.C8H11N.C2H6/c1-3-4-9-6-5-8(2)10-7-9;1-3-8-5-4-7(2)9-6-8;1-2/h5-7H,3-4H2,1-2H3;4-6H,3H2,1-2H3;1-2H3. The molecule has 0 aromatic carbocycles. The summed E-state index contributed by atoms with van der Waals surface area (Å²) in [5.41, 5.74) is 4.83. The minimum absolute atomic E-state index is 1.08. The van der Waals surface area contributed by atoms with Crippen LogP contribution in [0.25, 0.3) is 0 Å². The second kappa shape index (κ2) is 12.1. The van der Waals surface area contributed by atoms with E-state index in [1.807, 2.05) is 46.2 Å². The van der Waals surface area contributed by atoms with Gasteiger partial charge in [0.15, 0.2) is 0 Å². The Hall–Kier alpha value is -1.70. The van der Waals surface area contributed by atoms with E-state index >= 15 is 0 Å². The Morgan fingerprint density at radius 1 is 0.762 bits per heavy atom. The number of rotatable bonds is 3. The molecular weight excluding hydrogens is 256 g/mol. The molecule has 0 aliphatic heterocycles. The van der Waals surface area contributed by atoms with Crippen LogP contribution in [-0.2, 0) is 12.8 Å². The van der Waals surface area contributed by atoms with Gasteiger partial charge in [0.05, 0.1) is 0 Å². The molecule has 0 saturated carbocycles. The molecule has 0 N–H and O–H groups in total. The van der Waals surface area contributed by atoms with E-state index in [1.165, 1.54) is 17.5 Å². The molecule has 0 unspecified atom stereocenters. The maximum absolute atomic E-state index is 4.20. The third-order valence-corrected chi connectivity index (χ3v) is 2.89.